The molecule has 4 rings (SSSR count). The fourth-order valence-corrected chi connectivity index (χ4v) is 7.01. The largest absolute Gasteiger partial charge is 0.444 e. The van der Waals surface area contributed by atoms with Gasteiger partial charge in [-0.05, 0) is 70.4 Å². The van der Waals surface area contributed by atoms with E-state index in [1.807, 2.05) is 31.7 Å². The Morgan fingerprint density at radius 1 is 1.00 bits per heavy atom. The van der Waals surface area contributed by atoms with Crippen molar-refractivity contribution < 1.29 is 17.9 Å². The summed E-state index contributed by atoms with van der Waals surface area (Å²) < 4.78 is 33.8. The Morgan fingerprint density at radius 2 is 1.63 bits per heavy atom. The molecule has 3 heterocycles. The molecule has 0 atom stereocenters. The van der Waals surface area contributed by atoms with Gasteiger partial charge >= 0.3 is 6.09 Å². The highest BCUT2D eigenvalue weighted by atomic mass is 32.2. The lowest BCUT2D eigenvalue weighted by molar-refractivity contribution is 0.0180. The van der Waals surface area contributed by atoms with E-state index in [1.165, 1.54) is 12.8 Å². The highest BCUT2D eigenvalue weighted by Crippen LogP contribution is 2.31. The quantitative estimate of drug-likeness (QED) is 0.526. The number of hydrogen-bond acceptors (Lipinski definition) is 5. The van der Waals surface area contributed by atoms with E-state index in [-0.39, 0.29) is 6.09 Å². The molecule has 2 aromatic rings. The van der Waals surface area contributed by atoms with Crippen LogP contribution in [0.15, 0.2) is 41.6 Å². The molecule has 1 amide bonds. The second-order valence-corrected chi connectivity index (χ2v) is 12.9. The summed E-state index contributed by atoms with van der Waals surface area (Å²) in [5.74, 6) is 1.25. The second kappa shape index (κ2) is 10.8. The van der Waals surface area contributed by atoms with Gasteiger partial charge in [-0.3, -0.25) is 4.98 Å². The van der Waals surface area contributed by atoms with Crippen molar-refractivity contribution in [2.45, 2.75) is 76.2 Å². The van der Waals surface area contributed by atoms with Gasteiger partial charge in [0.25, 0.3) is 0 Å². The molecule has 0 bridgehead atoms. The first-order valence-corrected chi connectivity index (χ1v) is 14.4. The van der Waals surface area contributed by atoms with Gasteiger partial charge in [-0.1, -0.05) is 31.4 Å². The zero-order valence-electron chi connectivity index (χ0n) is 21.3. The number of ether oxygens (including phenoxy) is 1. The summed E-state index contributed by atoms with van der Waals surface area (Å²) in [6.45, 7) is 8.43. The number of rotatable bonds is 6. The van der Waals surface area contributed by atoms with Crippen LogP contribution in [0.3, 0.4) is 0 Å². The molecule has 192 valence electrons. The number of fused-ring (bicyclic) bond motifs is 1. The van der Waals surface area contributed by atoms with Crippen molar-refractivity contribution in [3.63, 3.8) is 0 Å². The summed E-state index contributed by atoms with van der Waals surface area (Å²) in [5, 5.41) is 1.59. The minimum Gasteiger partial charge on any atom is -0.444 e. The van der Waals surface area contributed by atoms with Crippen molar-refractivity contribution in [1.82, 2.24) is 14.2 Å². The van der Waals surface area contributed by atoms with Gasteiger partial charge in [0.1, 0.15) is 5.60 Å². The van der Waals surface area contributed by atoms with Gasteiger partial charge in [-0.25, -0.2) is 13.2 Å². The molecule has 0 spiro atoms. The van der Waals surface area contributed by atoms with Gasteiger partial charge < -0.3 is 9.64 Å². The molecule has 2 saturated heterocycles. The molecule has 7 nitrogen and oxygen atoms in total. The van der Waals surface area contributed by atoms with Crippen molar-refractivity contribution in [2.75, 3.05) is 26.2 Å². The number of carbonyl (C=O) groups is 1. The van der Waals surface area contributed by atoms with E-state index in [2.05, 4.69) is 4.98 Å². The van der Waals surface area contributed by atoms with Crippen molar-refractivity contribution in [1.29, 1.82) is 0 Å². The summed E-state index contributed by atoms with van der Waals surface area (Å²) in [4.78, 5) is 18.6. The maximum atomic E-state index is 13.3. The molecule has 2 aliphatic rings. The number of sulfonamides is 1. The van der Waals surface area contributed by atoms with Crippen LogP contribution in [0, 0.1) is 11.8 Å². The minimum absolute atomic E-state index is 0.196. The number of aromatic nitrogens is 1. The number of benzene rings is 1. The van der Waals surface area contributed by atoms with Gasteiger partial charge in [0.2, 0.25) is 10.0 Å². The molecule has 8 heteroatoms. The lowest BCUT2D eigenvalue weighted by Gasteiger charge is -2.34. The molecule has 0 N–H and O–H groups in total. The van der Waals surface area contributed by atoms with Crippen molar-refractivity contribution in [3.8, 4) is 0 Å². The van der Waals surface area contributed by atoms with Gasteiger partial charge in [-0.15, -0.1) is 0 Å². The fraction of sp³-hybridized carbons (Fsp3) is 0.630. The van der Waals surface area contributed by atoms with Gasteiger partial charge in [0, 0.05) is 49.3 Å². The smallest absolute Gasteiger partial charge is 0.410 e. The van der Waals surface area contributed by atoms with E-state index in [4.69, 9.17) is 4.74 Å². The summed E-state index contributed by atoms with van der Waals surface area (Å²) in [6.07, 6.45) is 10.6. The van der Waals surface area contributed by atoms with Crippen LogP contribution in [0.5, 0.6) is 0 Å². The maximum absolute atomic E-state index is 13.3. The van der Waals surface area contributed by atoms with Crippen LogP contribution in [0.1, 0.15) is 65.7 Å². The first kappa shape index (κ1) is 25.9. The average Bonchev–Trinajstić information content (AvgIpc) is 2.83. The summed E-state index contributed by atoms with van der Waals surface area (Å²) in [7, 11) is -3.51. The number of hydrogen-bond donors (Lipinski definition) is 0. The van der Waals surface area contributed by atoms with Gasteiger partial charge in [0.15, 0.2) is 0 Å². The Hall–Kier alpha value is -2.19. The molecular formula is C27H39N3O4S. The van der Waals surface area contributed by atoms with Crippen molar-refractivity contribution >= 4 is 26.9 Å². The van der Waals surface area contributed by atoms with Gasteiger partial charge in [-0.2, -0.15) is 4.31 Å². The van der Waals surface area contributed by atoms with E-state index in [9.17, 15) is 13.2 Å². The Kier molecular flexibility index (Phi) is 8.01. The van der Waals surface area contributed by atoms with E-state index in [0.29, 0.717) is 29.8 Å². The SMILES string of the molecule is CC(C)(C)OC(=O)N1CCC(CCCC2CCN(S(=O)(=O)c3cccc4cnccc34)CC2)CC1. The number of piperidine rings is 2. The molecule has 0 unspecified atom stereocenters. The van der Waals surface area contributed by atoms with E-state index >= 15 is 0 Å². The first-order chi connectivity index (χ1) is 16.6. The van der Waals surface area contributed by atoms with E-state index in [0.717, 1.165) is 56.0 Å². The molecule has 35 heavy (non-hydrogen) atoms. The molecule has 2 fully saturated rings. The normalized spacial score (nSPS) is 19.2. The third kappa shape index (κ3) is 6.53. The molecular weight excluding hydrogens is 462 g/mol. The summed E-state index contributed by atoms with van der Waals surface area (Å²) in [5.41, 5.74) is -0.449. The van der Waals surface area contributed by atoms with Crippen LogP contribution in [-0.2, 0) is 14.8 Å². The highest BCUT2D eigenvalue weighted by Gasteiger charge is 2.31. The molecule has 2 aliphatic heterocycles. The average molecular weight is 502 g/mol. The van der Waals surface area contributed by atoms with Crippen LogP contribution in [0.25, 0.3) is 10.8 Å². The highest BCUT2D eigenvalue weighted by molar-refractivity contribution is 7.89. The lowest BCUT2D eigenvalue weighted by Crippen LogP contribution is -2.41. The van der Waals surface area contributed by atoms with E-state index < -0.39 is 15.6 Å². The monoisotopic (exact) mass is 501 g/mol. The number of nitrogens with zero attached hydrogens (tertiary/aromatic N) is 3. The molecule has 0 saturated carbocycles. The Balaban J connectivity index is 1.20. The molecule has 0 aliphatic carbocycles. The third-order valence-electron chi connectivity index (χ3n) is 7.32. The fourth-order valence-electron chi connectivity index (χ4n) is 5.32. The van der Waals surface area contributed by atoms with Gasteiger partial charge in [0.05, 0.1) is 4.90 Å². The van der Waals surface area contributed by atoms with Crippen LogP contribution in [-0.4, -0.2) is 60.5 Å². The Bertz CT molecular complexity index is 1110. The Morgan fingerprint density at radius 3 is 2.26 bits per heavy atom. The van der Waals surface area contributed by atoms with E-state index in [1.54, 1.807) is 34.9 Å². The number of likely N-dealkylation sites (tertiary alicyclic amines) is 1. The van der Waals surface area contributed by atoms with Crippen LogP contribution >= 0.6 is 0 Å². The minimum atomic E-state index is -3.51. The van der Waals surface area contributed by atoms with Crippen LogP contribution in [0.4, 0.5) is 4.79 Å². The standard InChI is InChI=1S/C27H39N3O4S/c1-27(2,3)34-26(31)29-16-11-21(12-17-29)6-4-7-22-13-18-30(19-14-22)35(32,33)25-9-5-8-23-20-28-15-10-24(23)25/h5,8-10,15,20-22H,4,6-7,11-14,16-19H2,1-3H3. The molecule has 1 aromatic carbocycles. The van der Waals surface area contributed by atoms with Crippen LogP contribution < -0.4 is 0 Å². The number of pyridine rings is 1. The maximum Gasteiger partial charge on any atom is 0.410 e. The lowest BCUT2D eigenvalue weighted by atomic mass is 9.87. The number of amides is 1. The summed E-state index contributed by atoms with van der Waals surface area (Å²) in [6, 6.07) is 7.18. The predicted molar refractivity (Wildman–Crippen MR) is 138 cm³/mol. The number of carbonyl (C=O) groups excluding carboxylic acids is 1. The zero-order chi connectivity index (χ0) is 25.1. The third-order valence-corrected chi connectivity index (χ3v) is 9.28. The molecule has 1 aromatic heterocycles. The van der Waals surface area contributed by atoms with Crippen LogP contribution in [0.2, 0.25) is 0 Å². The Labute approximate surface area is 209 Å². The molecule has 0 radical (unpaired) electrons. The second-order valence-electron chi connectivity index (χ2n) is 11.0. The van der Waals surface area contributed by atoms with Crippen molar-refractivity contribution in [3.05, 3.63) is 36.7 Å². The first-order valence-electron chi connectivity index (χ1n) is 12.9. The predicted octanol–water partition coefficient (Wildman–Crippen LogP) is 5.45. The summed E-state index contributed by atoms with van der Waals surface area (Å²) >= 11 is 0. The zero-order valence-corrected chi connectivity index (χ0v) is 22.1. The van der Waals surface area contributed by atoms with Crippen molar-refractivity contribution in [2.24, 2.45) is 11.8 Å². The topological polar surface area (TPSA) is 79.8 Å².